The molecular weight excluding hydrogens is 182 g/mol. The van der Waals surface area contributed by atoms with Gasteiger partial charge in [0.1, 0.15) is 17.2 Å². The van der Waals surface area contributed by atoms with Gasteiger partial charge in [-0.2, -0.15) is 0 Å². The summed E-state index contributed by atoms with van der Waals surface area (Å²) in [5, 5.41) is 27.9. The van der Waals surface area contributed by atoms with Crippen molar-refractivity contribution in [1.29, 1.82) is 0 Å². The van der Waals surface area contributed by atoms with E-state index in [9.17, 15) is 10.2 Å². The first-order valence-electron chi connectivity index (χ1n) is 4.59. The number of rotatable bonds is 4. The molecule has 0 amide bonds. The number of aromatic hydroxyl groups is 3. The Morgan fingerprint density at radius 3 is 2.07 bits per heavy atom. The van der Waals surface area contributed by atoms with Crippen LogP contribution in [0.4, 0.5) is 0 Å². The highest BCUT2D eigenvalue weighted by atomic mass is 16.3. The van der Waals surface area contributed by atoms with Crippen LogP contribution < -0.4 is 5.73 Å². The summed E-state index contributed by atoms with van der Waals surface area (Å²) in [6.45, 7) is 0.597. The van der Waals surface area contributed by atoms with Crippen molar-refractivity contribution in [1.82, 2.24) is 0 Å². The summed E-state index contributed by atoms with van der Waals surface area (Å²) in [5.41, 5.74) is 5.80. The van der Waals surface area contributed by atoms with Gasteiger partial charge in [-0.3, -0.25) is 0 Å². The topological polar surface area (TPSA) is 86.7 Å². The third kappa shape index (κ3) is 2.53. The number of unbranched alkanes of at least 4 members (excludes halogenated alkanes) is 1. The van der Waals surface area contributed by atoms with Crippen LogP contribution in [-0.4, -0.2) is 21.9 Å². The fourth-order valence-corrected chi connectivity index (χ4v) is 1.33. The molecule has 0 unspecified atom stereocenters. The number of hydrogen-bond acceptors (Lipinski definition) is 4. The molecule has 78 valence electrons. The van der Waals surface area contributed by atoms with Crippen LogP contribution >= 0.6 is 0 Å². The maximum Gasteiger partial charge on any atom is 0.126 e. The van der Waals surface area contributed by atoms with E-state index in [0.29, 0.717) is 18.5 Å². The summed E-state index contributed by atoms with van der Waals surface area (Å²) in [6.07, 6.45) is 2.22. The zero-order valence-electron chi connectivity index (χ0n) is 7.90. The van der Waals surface area contributed by atoms with Crippen molar-refractivity contribution in [3.63, 3.8) is 0 Å². The first-order chi connectivity index (χ1) is 6.65. The van der Waals surface area contributed by atoms with Crippen LogP contribution in [0.5, 0.6) is 17.2 Å². The molecule has 0 aliphatic rings. The van der Waals surface area contributed by atoms with E-state index >= 15 is 0 Å². The minimum absolute atomic E-state index is 0.0699. The number of nitrogens with two attached hydrogens (primary N) is 1. The average molecular weight is 197 g/mol. The molecule has 4 heteroatoms. The molecule has 0 fully saturated rings. The maximum atomic E-state index is 9.42. The molecule has 0 aliphatic carbocycles. The second-order valence-electron chi connectivity index (χ2n) is 3.21. The van der Waals surface area contributed by atoms with E-state index in [0.717, 1.165) is 12.8 Å². The van der Waals surface area contributed by atoms with E-state index in [4.69, 9.17) is 10.8 Å². The highest BCUT2D eigenvalue weighted by Gasteiger charge is 2.08. The standard InChI is InChI=1S/C10H15NO3/c11-4-2-1-3-8-9(13)5-7(12)6-10(8)14/h5-6,12-14H,1-4,11H2. The largest absolute Gasteiger partial charge is 0.508 e. The molecular formula is C10H15NO3. The molecule has 14 heavy (non-hydrogen) atoms. The summed E-state index contributed by atoms with van der Waals surface area (Å²) < 4.78 is 0. The van der Waals surface area contributed by atoms with Crippen LogP contribution in [0.2, 0.25) is 0 Å². The van der Waals surface area contributed by atoms with E-state index < -0.39 is 0 Å². The maximum absolute atomic E-state index is 9.42. The lowest BCUT2D eigenvalue weighted by Crippen LogP contribution is -1.99. The number of phenols is 3. The van der Waals surface area contributed by atoms with Crippen molar-refractivity contribution in [2.45, 2.75) is 19.3 Å². The Morgan fingerprint density at radius 1 is 1.00 bits per heavy atom. The number of phenolic OH excluding ortho intramolecular Hbond substituents is 3. The lowest BCUT2D eigenvalue weighted by atomic mass is 10.1. The average Bonchev–Trinajstić information content (AvgIpc) is 2.09. The van der Waals surface area contributed by atoms with Gasteiger partial charge in [0.15, 0.2) is 0 Å². The molecule has 1 rings (SSSR count). The highest BCUT2D eigenvalue weighted by Crippen LogP contribution is 2.32. The van der Waals surface area contributed by atoms with Crippen molar-refractivity contribution in [3.8, 4) is 17.2 Å². The molecule has 0 aromatic heterocycles. The molecule has 5 N–H and O–H groups in total. The fourth-order valence-electron chi connectivity index (χ4n) is 1.33. The minimum Gasteiger partial charge on any atom is -0.508 e. The van der Waals surface area contributed by atoms with E-state index in [1.54, 1.807) is 0 Å². The Morgan fingerprint density at radius 2 is 1.57 bits per heavy atom. The van der Waals surface area contributed by atoms with E-state index in [-0.39, 0.29) is 17.2 Å². The van der Waals surface area contributed by atoms with Crippen LogP contribution in [0, 0.1) is 0 Å². The zero-order chi connectivity index (χ0) is 10.6. The molecule has 0 saturated heterocycles. The second-order valence-corrected chi connectivity index (χ2v) is 3.21. The van der Waals surface area contributed by atoms with E-state index in [2.05, 4.69) is 0 Å². The highest BCUT2D eigenvalue weighted by molar-refractivity contribution is 5.48. The Kier molecular flexibility index (Phi) is 3.59. The van der Waals surface area contributed by atoms with Gasteiger partial charge in [-0.1, -0.05) is 0 Å². The van der Waals surface area contributed by atoms with Crippen molar-refractivity contribution in [3.05, 3.63) is 17.7 Å². The molecule has 4 nitrogen and oxygen atoms in total. The normalized spacial score (nSPS) is 10.4. The molecule has 0 spiro atoms. The molecule has 0 radical (unpaired) electrons. The molecule has 0 saturated carbocycles. The molecule has 0 heterocycles. The monoisotopic (exact) mass is 197 g/mol. The van der Waals surface area contributed by atoms with Gasteiger partial charge in [0.05, 0.1) is 0 Å². The van der Waals surface area contributed by atoms with Gasteiger partial charge in [0, 0.05) is 17.7 Å². The summed E-state index contributed by atoms with van der Waals surface area (Å²) in [4.78, 5) is 0. The van der Waals surface area contributed by atoms with E-state index in [1.807, 2.05) is 0 Å². The van der Waals surface area contributed by atoms with Gasteiger partial charge in [0.2, 0.25) is 0 Å². The second kappa shape index (κ2) is 4.72. The van der Waals surface area contributed by atoms with Crippen LogP contribution in [0.15, 0.2) is 12.1 Å². The quantitative estimate of drug-likeness (QED) is 0.544. The summed E-state index contributed by atoms with van der Waals surface area (Å²) >= 11 is 0. The predicted molar refractivity (Wildman–Crippen MR) is 53.4 cm³/mol. The van der Waals surface area contributed by atoms with E-state index in [1.165, 1.54) is 12.1 Å². The van der Waals surface area contributed by atoms with Gasteiger partial charge >= 0.3 is 0 Å². The number of benzene rings is 1. The van der Waals surface area contributed by atoms with Gasteiger partial charge in [-0.15, -0.1) is 0 Å². The third-order valence-corrected chi connectivity index (χ3v) is 2.07. The summed E-state index contributed by atoms with van der Waals surface area (Å²) in [6, 6.07) is 2.44. The van der Waals surface area contributed by atoms with Crippen molar-refractivity contribution < 1.29 is 15.3 Å². The molecule has 0 bridgehead atoms. The van der Waals surface area contributed by atoms with Gasteiger partial charge in [0.25, 0.3) is 0 Å². The van der Waals surface area contributed by atoms with Crippen molar-refractivity contribution in [2.75, 3.05) is 6.54 Å². The van der Waals surface area contributed by atoms with Crippen LogP contribution in [0.1, 0.15) is 18.4 Å². The van der Waals surface area contributed by atoms with Crippen LogP contribution in [0.3, 0.4) is 0 Å². The van der Waals surface area contributed by atoms with Crippen molar-refractivity contribution in [2.24, 2.45) is 5.73 Å². The summed E-state index contributed by atoms with van der Waals surface area (Å²) in [5.74, 6) is -0.276. The number of hydrogen-bond donors (Lipinski definition) is 4. The van der Waals surface area contributed by atoms with Gasteiger partial charge in [-0.25, -0.2) is 0 Å². The van der Waals surface area contributed by atoms with Crippen LogP contribution in [-0.2, 0) is 6.42 Å². The SMILES string of the molecule is NCCCCc1c(O)cc(O)cc1O. The van der Waals surface area contributed by atoms with Gasteiger partial charge < -0.3 is 21.1 Å². The lowest BCUT2D eigenvalue weighted by molar-refractivity contribution is 0.417. The Bertz CT molecular complexity index is 289. The van der Waals surface area contributed by atoms with Gasteiger partial charge in [-0.05, 0) is 25.8 Å². The Balaban J connectivity index is 2.75. The van der Waals surface area contributed by atoms with Crippen LogP contribution in [0.25, 0.3) is 0 Å². The Labute approximate surface area is 82.6 Å². The lowest BCUT2D eigenvalue weighted by Gasteiger charge is -2.07. The predicted octanol–water partition coefficient (Wildman–Crippen LogP) is 1.08. The summed E-state index contributed by atoms with van der Waals surface area (Å²) in [7, 11) is 0. The third-order valence-electron chi connectivity index (χ3n) is 2.07. The molecule has 1 aromatic rings. The first kappa shape index (κ1) is 10.7. The first-order valence-corrected chi connectivity index (χ1v) is 4.59. The molecule has 0 atom stereocenters. The fraction of sp³-hybridized carbons (Fsp3) is 0.400. The zero-order valence-corrected chi connectivity index (χ0v) is 7.90. The minimum atomic E-state index is -0.137. The molecule has 0 aliphatic heterocycles. The Hall–Kier alpha value is -1.42. The smallest absolute Gasteiger partial charge is 0.126 e. The van der Waals surface area contributed by atoms with Crippen molar-refractivity contribution >= 4 is 0 Å². The molecule has 1 aromatic carbocycles.